The second kappa shape index (κ2) is 6.02. The average Bonchev–Trinajstić information content (AvgIpc) is 3.18. The van der Waals surface area contributed by atoms with Crippen LogP contribution in [-0.2, 0) is 6.42 Å². The molecule has 0 radical (unpaired) electrons. The molecule has 0 amide bonds. The summed E-state index contributed by atoms with van der Waals surface area (Å²) >= 11 is 7.19. The Bertz CT molecular complexity index is 617. The summed E-state index contributed by atoms with van der Waals surface area (Å²) in [6.45, 7) is 5.06. The molecule has 0 bridgehead atoms. The molecule has 1 aliphatic rings. The minimum Gasteiger partial charge on any atom is -0.0652 e. The molecule has 2 aromatic rings. The van der Waals surface area contributed by atoms with Gasteiger partial charge in [0.15, 0.2) is 0 Å². The van der Waals surface area contributed by atoms with Gasteiger partial charge in [-0.15, -0.1) is 0 Å². The maximum atomic E-state index is 3.59. The highest BCUT2D eigenvalue weighted by molar-refractivity contribution is 9.11. The monoisotopic (exact) mass is 422 g/mol. The highest BCUT2D eigenvalue weighted by Gasteiger charge is 2.49. The topological polar surface area (TPSA) is 0 Å². The van der Waals surface area contributed by atoms with Crippen molar-refractivity contribution in [2.45, 2.75) is 31.5 Å². The van der Waals surface area contributed by atoms with Crippen LogP contribution in [0.3, 0.4) is 0 Å². The van der Waals surface area contributed by atoms with Crippen LogP contribution in [0.4, 0.5) is 0 Å². The minimum absolute atomic E-state index is 0.869. The Hall–Kier alpha value is -0.383. The van der Waals surface area contributed by atoms with Crippen molar-refractivity contribution >= 4 is 45.1 Å². The van der Waals surface area contributed by atoms with Gasteiger partial charge in [-0.1, -0.05) is 80.5 Å². The van der Waals surface area contributed by atoms with Gasteiger partial charge in [0.1, 0.15) is 0 Å². The Morgan fingerprint density at radius 3 is 2.24 bits per heavy atom. The SMILES string of the molecule is C[Si](C)(c1ccccc1)C1CC1Cc1cc(Br)cc(Br)c1. The molecule has 3 heteroatoms. The van der Waals surface area contributed by atoms with Gasteiger partial charge >= 0.3 is 0 Å². The van der Waals surface area contributed by atoms with Crippen LogP contribution in [0.15, 0.2) is 57.5 Å². The molecule has 0 nitrogen and oxygen atoms in total. The van der Waals surface area contributed by atoms with Crippen molar-refractivity contribution in [1.29, 1.82) is 0 Å². The normalized spacial score (nSPS) is 21.3. The van der Waals surface area contributed by atoms with Crippen molar-refractivity contribution in [2.24, 2.45) is 5.92 Å². The zero-order valence-corrected chi connectivity index (χ0v) is 16.6. The quantitative estimate of drug-likeness (QED) is 0.548. The minimum atomic E-state index is -1.31. The molecule has 2 unspecified atom stereocenters. The van der Waals surface area contributed by atoms with Gasteiger partial charge in [-0.2, -0.15) is 0 Å². The van der Waals surface area contributed by atoms with Gasteiger partial charge in [0, 0.05) is 8.95 Å². The molecule has 0 saturated heterocycles. The fourth-order valence-electron chi connectivity index (χ4n) is 3.47. The lowest BCUT2D eigenvalue weighted by molar-refractivity contribution is 0.824. The lowest BCUT2D eigenvalue weighted by atomic mass is 10.1. The Kier molecular flexibility index (Phi) is 4.44. The standard InChI is InChI=1S/C18H20Br2Si/c1-21(2,17-6-4-3-5-7-17)18-11-14(18)8-13-9-15(19)12-16(20)10-13/h3-7,9-10,12,14,18H,8,11H2,1-2H3. The van der Waals surface area contributed by atoms with E-state index in [1.807, 2.05) is 0 Å². The van der Waals surface area contributed by atoms with E-state index in [2.05, 4.69) is 93.5 Å². The molecular weight excluding hydrogens is 404 g/mol. The first kappa shape index (κ1) is 15.5. The predicted octanol–water partition coefficient (Wildman–Crippen LogP) is 5.76. The van der Waals surface area contributed by atoms with Gasteiger partial charge in [0.25, 0.3) is 0 Å². The molecule has 3 rings (SSSR count). The van der Waals surface area contributed by atoms with E-state index in [0.717, 1.165) is 11.5 Å². The molecule has 2 aromatic carbocycles. The highest BCUT2D eigenvalue weighted by atomic mass is 79.9. The fourth-order valence-corrected chi connectivity index (χ4v) is 8.53. The highest BCUT2D eigenvalue weighted by Crippen LogP contribution is 2.53. The maximum absolute atomic E-state index is 3.59. The molecule has 0 N–H and O–H groups in total. The van der Waals surface area contributed by atoms with E-state index in [1.54, 1.807) is 5.19 Å². The molecule has 0 aromatic heterocycles. The van der Waals surface area contributed by atoms with Crippen LogP contribution in [0.25, 0.3) is 0 Å². The molecule has 0 heterocycles. The summed E-state index contributed by atoms with van der Waals surface area (Å²) in [6.07, 6.45) is 2.62. The van der Waals surface area contributed by atoms with Crippen LogP contribution in [0, 0.1) is 5.92 Å². The molecular formula is C18H20Br2Si. The van der Waals surface area contributed by atoms with E-state index in [0.29, 0.717) is 0 Å². The Morgan fingerprint density at radius 1 is 1.00 bits per heavy atom. The van der Waals surface area contributed by atoms with E-state index < -0.39 is 8.07 Å². The third kappa shape index (κ3) is 3.52. The summed E-state index contributed by atoms with van der Waals surface area (Å²) in [7, 11) is -1.31. The summed E-state index contributed by atoms with van der Waals surface area (Å²) in [4.78, 5) is 0. The van der Waals surface area contributed by atoms with Gasteiger partial charge in [-0.25, -0.2) is 0 Å². The van der Waals surface area contributed by atoms with Crippen LogP contribution in [0.1, 0.15) is 12.0 Å². The van der Waals surface area contributed by atoms with Crippen molar-refractivity contribution in [2.75, 3.05) is 0 Å². The Balaban J connectivity index is 1.71. The van der Waals surface area contributed by atoms with Crippen LogP contribution in [-0.4, -0.2) is 8.07 Å². The largest absolute Gasteiger partial charge is 0.0839 e. The lowest BCUT2D eigenvalue weighted by Crippen LogP contribution is -2.42. The summed E-state index contributed by atoms with van der Waals surface area (Å²) in [5.41, 5.74) is 2.37. The van der Waals surface area contributed by atoms with Crippen molar-refractivity contribution in [1.82, 2.24) is 0 Å². The molecule has 2 atom stereocenters. The summed E-state index contributed by atoms with van der Waals surface area (Å²) < 4.78 is 2.34. The van der Waals surface area contributed by atoms with Gasteiger partial charge in [0.2, 0.25) is 0 Å². The van der Waals surface area contributed by atoms with Crippen LogP contribution >= 0.6 is 31.9 Å². The van der Waals surface area contributed by atoms with Crippen LogP contribution in [0.5, 0.6) is 0 Å². The molecule has 1 aliphatic carbocycles. The Morgan fingerprint density at radius 2 is 1.62 bits per heavy atom. The van der Waals surface area contributed by atoms with Crippen molar-refractivity contribution in [3.63, 3.8) is 0 Å². The van der Waals surface area contributed by atoms with Gasteiger partial charge in [-0.3, -0.25) is 0 Å². The van der Waals surface area contributed by atoms with E-state index >= 15 is 0 Å². The third-order valence-corrected chi connectivity index (χ3v) is 10.1. The second-order valence-electron chi connectivity index (χ2n) is 6.67. The molecule has 1 saturated carbocycles. The average molecular weight is 424 g/mol. The lowest BCUT2D eigenvalue weighted by Gasteiger charge is -2.23. The fraction of sp³-hybridized carbons (Fsp3) is 0.333. The number of rotatable bonds is 4. The first-order chi connectivity index (χ1) is 9.96. The number of hydrogen-bond donors (Lipinski definition) is 0. The molecule has 1 fully saturated rings. The third-order valence-electron chi connectivity index (χ3n) is 4.79. The van der Waals surface area contributed by atoms with E-state index in [4.69, 9.17) is 0 Å². The van der Waals surface area contributed by atoms with Crippen LogP contribution in [0.2, 0.25) is 18.6 Å². The second-order valence-corrected chi connectivity index (χ2v) is 13.3. The zero-order valence-electron chi connectivity index (χ0n) is 12.4. The van der Waals surface area contributed by atoms with Gasteiger partial charge < -0.3 is 0 Å². The summed E-state index contributed by atoms with van der Waals surface area (Å²) in [6, 6.07) is 17.8. The van der Waals surface area contributed by atoms with Gasteiger partial charge in [0.05, 0.1) is 8.07 Å². The number of hydrogen-bond acceptors (Lipinski definition) is 0. The van der Waals surface area contributed by atoms with E-state index in [9.17, 15) is 0 Å². The zero-order chi connectivity index (χ0) is 15.0. The molecule has 0 aliphatic heterocycles. The molecule has 110 valence electrons. The number of halogens is 2. The smallest absolute Gasteiger partial charge is 0.0652 e. The Labute approximate surface area is 145 Å². The predicted molar refractivity (Wildman–Crippen MR) is 101 cm³/mol. The van der Waals surface area contributed by atoms with Gasteiger partial charge in [-0.05, 0) is 48.1 Å². The van der Waals surface area contributed by atoms with Crippen molar-refractivity contribution in [3.8, 4) is 0 Å². The molecule has 0 spiro atoms. The summed E-state index contributed by atoms with van der Waals surface area (Å²) in [5.74, 6) is 0.869. The van der Waals surface area contributed by atoms with Crippen LogP contribution < -0.4 is 5.19 Å². The van der Waals surface area contributed by atoms with Crippen molar-refractivity contribution < 1.29 is 0 Å². The van der Waals surface area contributed by atoms with E-state index in [1.165, 1.54) is 27.4 Å². The maximum Gasteiger partial charge on any atom is 0.0839 e. The molecule has 21 heavy (non-hydrogen) atoms. The van der Waals surface area contributed by atoms with E-state index in [-0.39, 0.29) is 0 Å². The first-order valence-electron chi connectivity index (χ1n) is 7.47. The first-order valence-corrected chi connectivity index (χ1v) is 12.1. The number of benzene rings is 2. The van der Waals surface area contributed by atoms with Crippen molar-refractivity contribution in [3.05, 3.63) is 63.0 Å². The summed E-state index contributed by atoms with van der Waals surface area (Å²) in [5, 5.41) is 1.60.